The summed E-state index contributed by atoms with van der Waals surface area (Å²) in [7, 11) is -3.36. The lowest BCUT2D eigenvalue weighted by molar-refractivity contribution is 0.410. The summed E-state index contributed by atoms with van der Waals surface area (Å²) in [5.41, 5.74) is 1.86. The van der Waals surface area contributed by atoms with Gasteiger partial charge in [-0.1, -0.05) is 17.7 Å². The van der Waals surface area contributed by atoms with E-state index in [1.165, 1.54) is 0 Å². The Hall–Kier alpha value is -0.910. The van der Waals surface area contributed by atoms with Crippen LogP contribution in [0, 0.1) is 13.8 Å². The van der Waals surface area contributed by atoms with Crippen LogP contribution >= 0.6 is 0 Å². The van der Waals surface area contributed by atoms with E-state index in [1.807, 2.05) is 26.0 Å². The van der Waals surface area contributed by atoms with Gasteiger partial charge in [0.05, 0.1) is 4.90 Å². The molecule has 0 spiro atoms. The molecule has 0 radical (unpaired) electrons. The second-order valence-corrected chi connectivity index (χ2v) is 5.93. The largest absolute Gasteiger partial charge is 0.313 e. The molecule has 1 fully saturated rings. The van der Waals surface area contributed by atoms with Gasteiger partial charge in [0.15, 0.2) is 0 Å². The summed E-state index contributed by atoms with van der Waals surface area (Å²) in [6.45, 7) is 5.20. The Kier molecular flexibility index (Phi) is 3.01. The highest BCUT2D eigenvalue weighted by atomic mass is 32.2. The molecular formula is C11H16N2O2S. The van der Waals surface area contributed by atoms with Crippen molar-refractivity contribution in [2.45, 2.75) is 24.8 Å². The molecule has 4 nitrogen and oxygen atoms in total. The highest BCUT2D eigenvalue weighted by Crippen LogP contribution is 2.16. The van der Waals surface area contributed by atoms with E-state index in [0.717, 1.165) is 11.1 Å². The number of nitrogens with one attached hydrogen (secondary N) is 2. The monoisotopic (exact) mass is 240 g/mol. The zero-order valence-electron chi connectivity index (χ0n) is 9.45. The molecule has 16 heavy (non-hydrogen) atoms. The van der Waals surface area contributed by atoms with E-state index >= 15 is 0 Å². The summed E-state index contributed by atoms with van der Waals surface area (Å²) in [5, 5.41) is 3.03. The number of rotatable bonds is 3. The first-order valence-corrected chi connectivity index (χ1v) is 6.78. The van der Waals surface area contributed by atoms with Gasteiger partial charge in [0.2, 0.25) is 10.0 Å². The molecule has 0 bridgehead atoms. The molecule has 1 aliphatic rings. The van der Waals surface area contributed by atoms with E-state index in [-0.39, 0.29) is 6.04 Å². The molecule has 5 heteroatoms. The second kappa shape index (κ2) is 4.16. The normalized spacial score (nSPS) is 17.1. The molecule has 0 atom stereocenters. The quantitative estimate of drug-likeness (QED) is 0.811. The maximum absolute atomic E-state index is 12.0. The first kappa shape index (κ1) is 11.6. The SMILES string of the molecule is Cc1ccc(S(=O)(=O)NC2CNC2)c(C)c1. The Morgan fingerprint density at radius 2 is 2.00 bits per heavy atom. The van der Waals surface area contributed by atoms with Gasteiger partial charge in [0.1, 0.15) is 0 Å². The first-order chi connectivity index (χ1) is 7.49. The van der Waals surface area contributed by atoms with Crippen LogP contribution in [0.4, 0.5) is 0 Å². The Labute approximate surface area is 96.1 Å². The maximum Gasteiger partial charge on any atom is 0.241 e. The van der Waals surface area contributed by atoms with E-state index in [9.17, 15) is 8.42 Å². The van der Waals surface area contributed by atoms with Gasteiger partial charge in [-0.3, -0.25) is 0 Å². The summed E-state index contributed by atoms with van der Waals surface area (Å²) >= 11 is 0. The van der Waals surface area contributed by atoms with Gasteiger partial charge in [-0.25, -0.2) is 13.1 Å². The Morgan fingerprint density at radius 3 is 2.50 bits per heavy atom. The Balaban J connectivity index is 2.27. The molecule has 0 amide bonds. The average Bonchev–Trinajstić information content (AvgIpc) is 2.11. The van der Waals surface area contributed by atoms with Crippen LogP contribution in [0.1, 0.15) is 11.1 Å². The van der Waals surface area contributed by atoms with Crippen molar-refractivity contribution in [3.05, 3.63) is 29.3 Å². The van der Waals surface area contributed by atoms with Crippen molar-refractivity contribution < 1.29 is 8.42 Å². The Bertz CT molecular complexity index is 493. The van der Waals surface area contributed by atoms with Gasteiger partial charge in [-0.2, -0.15) is 0 Å². The molecule has 0 aliphatic carbocycles. The smallest absolute Gasteiger partial charge is 0.241 e. The molecule has 88 valence electrons. The third-order valence-corrected chi connectivity index (χ3v) is 4.40. The predicted octanol–water partition coefficient (Wildman–Crippen LogP) is 0.554. The van der Waals surface area contributed by atoms with Crippen LogP contribution in [0.25, 0.3) is 0 Å². The van der Waals surface area contributed by atoms with Gasteiger partial charge < -0.3 is 5.32 Å². The number of hydrogen-bond donors (Lipinski definition) is 2. The van der Waals surface area contributed by atoms with Crippen LogP contribution in [-0.2, 0) is 10.0 Å². The summed E-state index contributed by atoms with van der Waals surface area (Å²) in [6.07, 6.45) is 0. The van der Waals surface area contributed by atoms with Crippen molar-refractivity contribution in [1.82, 2.24) is 10.0 Å². The van der Waals surface area contributed by atoms with E-state index in [0.29, 0.717) is 18.0 Å². The predicted molar refractivity (Wildman–Crippen MR) is 62.9 cm³/mol. The lowest BCUT2D eigenvalue weighted by Gasteiger charge is -2.27. The lowest BCUT2D eigenvalue weighted by atomic mass is 10.2. The zero-order chi connectivity index (χ0) is 11.8. The molecule has 2 rings (SSSR count). The summed E-state index contributed by atoms with van der Waals surface area (Å²) in [5.74, 6) is 0. The third kappa shape index (κ3) is 2.26. The first-order valence-electron chi connectivity index (χ1n) is 5.29. The average molecular weight is 240 g/mol. The Morgan fingerprint density at radius 1 is 1.31 bits per heavy atom. The van der Waals surface area contributed by atoms with E-state index < -0.39 is 10.0 Å². The van der Waals surface area contributed by atoms with Crippen molar-refractivity contribution in [3.63, 3.8) is 0 Å². The number of hydrogen-bond acceptors (Lipinski definition) is 3. The molecule has 1 heterocycles. The minimum absolute atomic E-state index is 0.0331. The van der Waals surface area contributed by atoms with Gasteiger partial charge in [-0.15, -0.1) is 0 Å². The fourth-order valence-electron chi connectivity index (χ4n) is 1.76. The van der Waals surface area contributed by atoms with Crippen LogP contribution in [0.3, 0.4) is 0 Å². The van der Waals surface area contributed by atoms with Gasteiger partial charge in [0, 0.05) is 19.1 Å². The molecule has 1 aliphatic heterocycles. The van der Waals surface area contributed by atoms with Crippen LogP contribution in [-0.4, -0.2) is 27.5 Å². The number of benzene rings is 1. The highest BCUT2D eigenvalue weighted by molar-refractivity contribution is 7.89. The minimum Gasteiger partial charge on any atom is -0.313 e. The minimum atomic E-state index is -3.36. The standard InChI is InChI=1S/C11H16N2O2S/c1-8-3-4-11(9(2)5-8)16(14,15)13-10-6-12-7-10/h3-5,10,12-13H,6-7H2,1-2H3. The second-order valence-electron chi connectivity index (χ2n) is 4.25. The van der Waals surface area contributed by atoms with Crippen LogP contribution in [0.5, 0.6) is 0 Å². The highest BCUT2D eigenvalue weighted by Gasteiger charge is 2.25. The van der Waals surface area contributed by atoms with Crippen molar-refractivity contribution in [2.24, 2.45) is 0 Å². The zero-order valence-corrected chi connectivity index (χ0v) is 10.3. The van der Waals surface area contributed by atoms with E-state index in [4.69, 9.17) is 0 Å². The molecule has 0 aromatic heterocycles. The van der Waals surface area contributed by atoms with Crippen molar-refractivity contribution in [3.8, 4) is 0 Å². The van der Waals surface area contributed by atoms with Crippen LogP contribution < -0.4 is 10.0 Å². The van der Waals surface area contributed by atoms with Gasteiger partial charge in [-0.05, 0) is 25.5 Å². The summed E-state index contributed by atoms with van der Waals surface area (Å²) in [4.78, 5) is 0.380. The number of sulfonamides is 1. The topological polar surface area (TPSA) is 58.2 Å². The molecule has 1 saturated heterocycles. The van der Waals surface area contributed by atoms with E-state index in [2.05, 4.69) is 10.0 Å². The van der Waals surface area contributed by atoms with Crippen molar-refractivity contribution >= 4 is 10.0 Å². The molecule has 0 unspecified atom stereocenters. The van der Waals surface area contributed by atoms with E-state index in [1.54, 1.807) is 6.07 Å². The fourth-order valence-corrected chi connectivity index (χ4v) is 3.22. The fraction of sp³-hybridized carbons (Fsp3) is 0.455. The number of aryl methyl sites for hydroxylation is 2. The molecular weight excluding hydrogens is 224 g/mol. The summed E-state index contributed by atoms with van der Waals surface area (Å²) in [6, 6.07) is 5.40. The molecule has 1 aromatic carbocycles. The van der Waals surface area contributed by atoms with Crippen LogP contribution in [0.15, 0.2) is 23.1 Å². The summed E-state index contributed by atoms with van der Waals surface area (Å²) < 4.78 is 26.7. The van der Waals surface area contributed by atoms with Crippen LogP contribution in [0.2, 0.25) is 0 Å². The van der Waals surface area contributed by atoms with Crippen molar-refractivity contribution in [2.75, 3.05) is 13.1 Å². The molecule has 0 saturated carbocycles. The lowest BCUT2D eigenvalue weighted by Crippen LogP contribution is -2.56. The van der Waals surface area contributed by atoms with Gasteiger partial charge in [0.25, 0.3) is 0 Å². The van der Waals surface area contributed by atoms with Gasteiger partial charge >= 0.3 is 0 Å². The third-order valence-electron chi connectivity index (χ3n) is 2.72. The maximum atomic E-state index is 12.0. The molecule has 2 N–H and O–H groups in total. The van der Waals surface area contributed by atoms with Crippen molar-refractivity contribution in [1.29, 1.82) is 0 Å². The molecule has 1 aromatic rings.